The summed E-state index contributed by atoms with van der Waals surface area (Å²) in [5.41, 5.74) is 0.155. The van der Waals surface area contributed by atoms with Crippen LogP contribution in [0.4, 0.5) is 9.59 Å². The second-order valence-corrected chi connectivity index (χ2v) is 12.6. The van der Waals surface area contributed by atoms with E-state index in [-0.39, 0.29) is 24.4 Å². The van der Waals surface area contributed by atoms with Crippen molar-refractivity contribution >= 4 is 24.0 Å². The standard InChI is InChI=1S/C31H52N4O7/c1-19(2)16-24(27(37)34-26(20(3)4)28(38)41-10)32-29(39)35(21(5)6)18-25(36)23(17-22-14-12-11-13-15-22)33-30(40)42-31(7,8)9/h11-15,19-21,23-26,36H,16-18H2,1-10H3,(H,32,39)(H,33,40)(H,34,37)/t23-,24-,25-,26-/m1/s1. The highest BCUT2D eigenvalue weighted by molar-refractivity contribution is 5.90. The summed E-state index contributed by atoms with van der Waals surface area (Å²) in [6, 6.07) is 5.91. The Hall–Kier alpha value is -3.34. The zero-order valence-corrected chi connectivity index (χ0v) is 26.9. The van der Waals surface area contributed by atoms with E-state index in [0.29, 0.717) is 12.8 Å². The van der Waals surface area contributed by atoms with Crippen molar-refractivity contribution in [2.45, 2.75) is 111 Å². The average molecular weight is 593 g/mol. The number of carbonyl (C=O) groups is 4. The molecule has 4 atom stereocenters. The molecule has 42 heavy (non-hydrogen) atoms. The fourth-order valence-corrected chi connectivity index (χ4v) is 4.28. The van der Waals surface area contributed by atoms with E-state index in [1.807, 2.05) is 44.2 Å². The zero-order chi connectivity index (χ0) is 32.2. The lowest BCUT2D eigenvalue weighted by atomic mass is 10.00. The summed E-state index contributed by atoms with van der Waals surface area (Å²) in [5.74, 6) is -1.23. The van der Waals surface area contributed by atoms with Gasteiger partial charge in [-0.3, -0.25) is 4.79 Å². The van der Waals surface area contributed by atoms with Crippen LogP contribution in [0.3, 0.4) is 0 Å². The number of ether oxygens (including phenoxy) is 2. The molecule has 0 heterocycles. The molecule has 0 aliphatic rings. The van der Waals surface area contributed by atoms with Crippen molar-refractivity contribution in [2.75, 3.05) is 13.7 Å². The quantitative estimate of drug-likeness (QED) is 0.241. The fourth-order valence-electron chi connectivity index (χ4n) is 4.28. The van der Waals surface area contributed by atoms with Crippen molar-refractivity contribution in [3.05, 3.63) is 35.9 Å². The number of urea groups is 1. The van der Waals surface area contributed by atoms with Crippen LogP contribution < -0.4 is 16.0 Å². The Morgan fingerprint density at radius 3 is 2.00 bits per heavy atom. The predicted octanol–water partition coefficient (Wildman–Crippen LogP) is 3.63. The number of rotatable bonds is 14. The van der Waals surface area contributed by atoms with E-state index in [9.17, 15) is 24.3 Å². The molecule has 0 saturated carbocycles. The summed E-state index contributed by atoms with van der Waals surface area (Å²) in [6.45, 7) is 16.1. The number of esters is 1. The predicted molar refractivity (Wildman–Crippen MR) is 162 cm³/mol. The van der Waals surface area contributed by atoms with Crippen molar-refractivity contribution < 1.29 is 33.8 Å². The first-order valence-electron chi connectivity index (χ1n) is 14.6. The highest BCUT2D eigenvalue weighted by Gasteiger charge is 2.33. The van der Waals surface area contributed by atoms with Crippen LogP contribution in [0.15, 0.2) is 30.3 Å². The lowest BCUT2D eigenvalue weighted by Crippen LogP contribution is -2.58. The highest BCUT2D eigenvalue weighted by atomic mass is 16.6. The van der Waals surface area contributed by atoms with Crippen LogP contribution in [0.5, 0.6) is 0 Å². The van der Waals surface area contributed by atoms with Crippen molar-refractivity contribution in [1.82, 2.24) is 20.9 Å². The van der Waals surface area contributed by atoms with E-state index in [1.165, 1.54) is 12.0 Å². The second kappa shape index (κ2) is 16.9. The largest absolute Gasteiger partial charge is 0.467 e. The van der Waals surface area contributed by atoms with E-state index in [1.54, 1.807) is 48.5 Å². The molecule has 0 fully saturated rings. The van der Waals surface area contributed by atoms with Gasteiger partial charge in [0.2, 0.25) is 5.91 Å². The molecule has 1 rings (SSSR count). The Bertz CT molecular complexity index is 1010. The molecule has 1 aromatic carbocycles. The molecule has 1 aromatic rings. The summed E-state index contributed by atoms with van der Waals surface area (Å²) in [4.78, 5) is 53.1. The molecule has 4 N–H and O–H groups in total. The maximum Gasteiger partial charge on any atom is 0.407 e. The molecular weight excluding hydrogens is 540 g/mol. The lowest BCUT2D eigenvalue weighted by molar-refractivity contribution is -0.146. The smallest absolute Gasteiger partial charge is 0.407 e. The maximum atomic E-state index is 13.5. The number of aliphatic hydroxyl groups excluding tert-OH is 1. The van der Waals surface area contributed by atoms with Gasteiger partial charge in [-0.05, 0) is 64.9 Å². The molecule has 0 radical (unpaired) electrons. The van der Waals surface area contributed by atoms with Crippen LogP contribution in [-0.4, -0.2) is 83.5 Å². The van der Waals surface area contributed by atoms with Crippen LogP contribution >= 0.6 is 0 Å². The Kier molecular flexibility index (Phi) is 14.8. The molecule has 11 nitrogen and oxygen atoms in total. The fraction of sp³-hybridized carbons (Fsp3) is 0.677. The summed E-state index contributed by atoms with van der Waals surface area (Å²) < 4.78 is 10.2. The summed E-state index contributed by atoms with van der Waals surface area (Å²) in [6.07, 6.45) is -1.21. The molecule has 11 heteroatoms. The van der Waals surface area contributed by atoms with Gasteiger partial charge in [0.25, 0.3) is 0 Å². The van der Waals surface area contributed by atoms with E-state index < -0.39 is 53.8 Å². The number of nitrogens with one attached hydrogen (secondary N) is 3. The van der Waals surface area contributed by atoms with E-state index in [0.717, 1.165) is 5.56 Å². The molecule has 0 saturated heterocycles. The number of hydrogen-bond acceptors (Lipinski definition) is 7. The van der Waals surface area contributed by atoms with Gasteiger partial charge in [0.1, 0.15) is 17.7 Å². The highest BCUT2D eigenvalue weighted by Crippen LogP contribution is 2.14. The Balaban J connectivity index is 3.16. The molecule has 0 aliphatic carbocycles. The lowest BCUT2D eigenvalue weighted by Gasteiger charge is -2.34. The first kappa shape index (κ1) is 36.7. The van der Waals surface area contributed by atoms with E-state index in [4.69, 9.17) is 9.47 Å². The van der Waals surface area contributed by atoms with Crippen LogP contribution in [-0.2, 0) is 25.5 Å². The summed E-state index contributed by atoms with van der Waals surface area (Å²) in [7, 11) is 1.26. The minimum absolute atomic E-state index is 0.0584. The Morgan fingerprint density at radius 2 is 1.52 bits per heavy atom. The van der Waals surface area contributed by atoms with Gasteiger partial charge in [0.05, 0.1) is 25.8 Å². The van der Waals surface area contributed by atoms with E-state index in [2.05, 4.69) is 16.0 Å². The van der Waals surface area contributed by atoms with Gasteiger partial charge in [-0.25, -0.2) is 14.4 Å². The van der Waals surface area contributed by atoms with Gasteiger partial charge in [0, 0.05) is 6.04 Å². The summed E-state index contributed by atoms with van der Waals surface area (Å²) >= 11 is 0. The van der Waals surface area contributed by atoms with E-state index >= 15 is 0 Å². The number of aliphatic hydroxyl groups is 1. The number of methoxy groups -OCH3 is 1. The van der Waals surface area contributed by atoms with Gasteiger partial charge in [-0.2, -0.15) is 0 Å². The number of hydrogen-bond donors (Lipinski definition) is 4. The average Bonchev–Trinajstić information content (AvgIpc) is 2.87. The zero-order valence-electron chi connectivity index (χ0n) is 26.9. The maximum absolute atomic E-state index is 13.5. The molecule has 0 spiro atoms. The molecule has 0 aromatic heterocycles. The van der Waals surface area contributed by atoms with Crippen LogP contribution in [0, 0.1) is 11.8 Å². The minimum Gasteiger partial charge on any atom is -0.467 e. The first-order valence-corrected chi connectivity index (χ1v) is 14.6. The number of alkyl carbamates (subject to hydrolysis) is 1. The summed E-state index contributed by atoms with van der Waals surface area (Å²) in [5, 5.41) is 19.6. The van der Waals surface area contributed by atoms with Crippen LogP contribution in [0.25, 0.3) is 0 Å². The number of nitrogens with zero attached hydrogens (tertiary/aromatic N) is 1. The van der Waals surface area contributed by atoms with Gasteiger partial charge >= 0.3 is 18.1 Å². The molecule has 4 amide bonds. The van der Waals surface area contributed by atoms with Crippen molar-refractivity contribution in [2.24, 2.45) is 11.8 Å². The molecule has 0 unspecified atom stereocenters. The number of benzene rings is 1. The first-order chi connectivity index (χ1) is 19.4. The van der Waals surface area contributed by atoms with Gasteiger partial charge in [-0.15, -0.1) is 0 Å². The molecule has 238 valence electrons. The number of carbonyl (C=O) groups excluding carboxylic acids is 4. The third kappa shape index (κ3) is 13.1. The minimum atomic E-state index is -1.16. The van der Waals surface area contributed by atoms with Gasteiger partial charge < -0.3 is 35.4 Å². The Morgan fingerprint density at radius 1 is 0.929 bits per heavy atom. The Labute approximate surface area is 251 Å². The van der Waals surface area contributed by atoms with Crippen molar-refractivity contribution in [3.8, 4) is 0 Å². The monoisotopic (exact) mass is 592 g/mol. The topological polar surface area (TPSA) is 146 Å². The third-order valence-corrected chi connectivity index (χ3v) is 6.47. The number of amides is 4. The molecule has 0 bridgehead atoms. The molecule has 0 aliphatic heterocycles. The molecular formula is C31H52N4O7. The third-order valence-electron chi connectivity index (χ3n) is 6.47. The normalized spacial score (nSPS) is 14.5. The van der Waals surface area contributed by atoms with Gasteiger partial charge in [0.15, 0.2) is 0 Å². The van der Waals surface area contributed by atoms with Crippen LogP contribution in [0.1, 0.15) is 74.3 Å². The van der Waals surface area contributed by atoms with Crippen molar-refractivity contribution in [3.63, 3.8) is 0 Å². The van der Waals surface area contributed by atoms with Gasteiger partial charge in [-0.1, -0.05) is 58.0 Å². The van der Waals surface area contributed by atoms with Crippen molar-refractivity contribution in [1.29, 1.82) is 0 Å². The second-order valence-electron chi connectivity index (χ2n) is 12.6. The van der Waals surface area contributed by atoms with Crippen LogP contribution in [0.2, 0.25) is 0 Å². The SMILES string of the molecule is COC(=O)[C@H](NC(=O)[C@@H](CC(C)C)NC(=O)N(C[C@@H](O)[C@@H](Cc1ccccc1)NC(=O)OC(C)(C)C)C(C)C)C(C)C.